The zero-order valence-electron chi connectivity index (χ0n) is 19.1. The normalized spacial score (nSPS) is 11.3. The molecule has 0 spiro atoms. The molecule has 0 aliphatic heterocycles. The van der Waals surface area contributed by atoms with Crippen molar-refractivity contribution in [2.24, 2.45) is 0 Å². The van der Waals surface area contributed by atoms with E-state index in [9.17, 15) is 4.79 Å². The van der Waals surface area contributed by atoms with Gasteiger partial charge in [0.25, 0.3) is 0 Å². The van der Waals surface area contributed by atoms with Gasteiger partial charge in [0.15, 0.2) is 5.16 Å². The Morgan fingerprint density at radius 2 is 1.91 bits per heavy atom. The van der Waals surface area contributed by atoms with E-state index in [-0.39, 0.29) is 11.7 Å². The standard InChI is InChI=1S/C24H26ClN5O2S/c1-15-5-8-19(9-6-15)30-17(3)23(16(2)28-30)27-22(31)14-33-24-26-20-13-18(25)7-10-21(20)29(24)11-12-32-4/h5-10,13H,11-12,14H2,1-4H3,(H,27,31). The predicted molar refractivity (Wildman–Crippen MR) is 134 cm³/mol. The van der Waals surface area contributed by atoms with E-state index in [1.165, 1.54) is 17.3 Å². The number of hydrogen-bond acceptors (Lipinski definition) is 5. The molecule has 0 bridgehead atoms. The highest BCUT2D eigenvalue weighted by Crippen LogP contribution is 2.27. The number of aryl methyl sites for hydroxylation is 2. The van der Waals surface area contributed by atoms with Gasteiger partial charge < -0.3 is 14.6 Å². The average Bonchev–Trinajstić information content (AvgIpc) is 3.27. The summed E-state index contributed by atoms with van der Waals surface area (Å²) < 4.78 is 9.15. The molecule has 1 N–H and O–H groups in total. The number of rotatable bonds is 8. The van der Waals surface area contributed by atoms with Gasteiger partial charge in [-0.15, -0.1) is 0 Å². The smallest absolute Gasteiger partial charge is 0.234 e. The molecule has 2 aromatic heterocycles. The summed E-state index contributed by atoms with van der Waals surface area (Å²) in [6, 6.07) is 13.7. The first kappa shape index (κ1) is 23.4. The third-order valence-corrected chi connectivity index (χ3v) is 6.57. The number of aromatic nitrogens is 4. The van der Waals surface area contributed by atoms with Gasteiger partial charge in [0, 0.05) is 18.7 Å². The highest BCUT2D eigenvalue weighted by molar-refractivity contribution is 7.99. The number of benzene rings is 2. The topological polar surface area (TPSA) is 74.0 Å². The van der Waals surface area contributed by atoms with Gasteiger partial charge in [-0.05, 0) is 51.1 Å². The summed E-state index contributed by atoms with van der Waals surface area (Å²) in [5.41, 5.74) is 6.30. The molecular formula is C24H26ClN5O2S. The first-order valence-electron chi connectivity index (χ1n) is 10.6. The van der Waals surface area contributed by atoms with Crippen LogP contribution in [0.15, 0.2) is 47.6 Å². The number of amides is 1. The summed E-state index contributed by atoms with van der Waals surface area (Å²) in [7, 11) is 1.66. The molecule has 0 unspecified atom stereocenters. The van der Waals surface area contributed by atoms with Crippen LogP contribution in [0.1, 0.15) is 17.0 Å². The van der Waals surface area contributed by atoms with Gasteiger partial charge in [0.1, 0.15) is 0 Å². The van der Waals surface area contributed by atoms with Crippen LogP contribution in [0.2, 0.25) is 5.02 Å². The fourth-order valence-corrected chi connectivity index (χ4v) is 4.66. The molecule has 2 aromatic carbocycles. The van der Waals surface area contributed by atoms with Crippen LogP contribution in [-0.2, 0) is 16.1 Å². The van der Waals surface area contributed by atoms with Crippen LogP contribution >= 0.6 is 23.4 Å². The van der Waals surface area contributed by atoms with E-state index in [2.05, 4.69) is 20.0 Å². The molecule has 7 nitrogen and oxygen atoms in total. The molecule has 2 heterocycles. The molecule has 0 saturated carbocycles. The molecular weight excluding hydrogens is 458 g/mol. The van der Waals surface area contributed by atoms with E-state index in [1.807, 2.05) is 67.9 Å². The number of fused-ring (bicyclic) bond motifs is 1. The lowest BCUT2D eigenvalue weighted by atomic mass is 10.2. The molecule has 4 aromatic rings. The maximum absolute atomic E-state index is 12.8. The van der Waals surface area contributed by atoms with E-state index < -0.39 is 0 Å². The summed E-state index contributed by atoms with van der Waals surface area (Å²) >= 11 is 7.52. The average molecular weight is 484 g/mol. The molecule has 0 atom stereocenters. The molecule has 1 amide bonds. The molecule has 33 heavy (non-hydrogen) atoms. The summed E-state index contributed by atoms with van der Waals surface area (Å²) in [6.45, 7) is 7.09. The van der Waals surface area contributed by atoms with Gasteiger partial charge in [-0.25, -0.2) is 9.67 Å². The monoisotopic (exact) mass is 483 g/mol. The highest BCUT2D eigenvalue weighted by atomic mass is 35.5. The fourth-order valence-electron chi connectivity index (χ4n) is 3.66. The van der Waals surface area contributed by atoms with Crippen LogP contribution in [0.4, 0.5) is 5.69 Å². The van der Waals surface area contributed by atoms with E-state index in [1.54, 1.807) is 7.11 Å². The number of methoxy groups -OCH3 is 1. The van der Waals surface area contributed by atoms with Crippen molar-refractivity contribution in [3.63, 3.8) is 0 Å². The lowest BCUT2D eigenvalue weighted by Gasteiger charge is -2.09. The maximum atomic E-state index is 12.8. The van der Waals surface area contributed by atoms with Gasteiger partial charge in [-0.1, -0.05) is 41.1 Å². The lowest BCUT2D eigenvalue weighted by Crippen LogP contribution is -2.16. The quantitative estimate of drug-likeness (QED) is 0.349. The largest absolute Gasteiger partial charge is 0.383 e. The first-order chi connectivity index (χ1) is 15.9. The van der Waals surface area contributed by atoms with Gasteiger partial charge in [-0.3, -0.25) is 4.79 Å². The van der Waals surface area contributed by atoms with Crippen LogP contribution < -0.4 is 5.32 Å². The Labute approximate surface area is 202 Å². The molecule has 9 heteroatoms. The Bertz CT molecular complexity index is 1300. The Hall–Kier alpha value is -2.81. The number of ether oxygens (including phenoxy) is 1. The number of carbonyl (C=O) groups is 1. The summed E-state index contributed by atoms with van der Waals surface area (Å²) in [5.74, 6) is 0.108. The van der Waals surface area contributed by atoms with Crippen molar-refractivity contribution in [1.29, 1.82) is 0 Å². The minimum absolute atomic E-state index is 0.113. The van der Waals surface area contributed by atoms with Crippen LogP contribution in [0.25, 0.3) is 16.7 Å². The number of thioether (sulfide) groups is 1. The third kappa shape index (κ3) is 5.08. The molecule has 0 saturated heterocycles. The van der Waals surface area contributed by atoms with Gasteiger partial charge >= 0.3 is 0 Å². The number of nitrogens with one attached hydrogen (secondary N) is 1. The van der Waals surface area contributed by atoms with Gasteiger partial charge in [0.2, 0.25) is 5.91 Å². The second-order valence-corrected chi connectivity index (χ2v) is 9.18. The second kappa shape index (κ2) is 9.99. The zero-order chi connectivity index (χ0) is 23.5. The zero-order valence-corrected chi connectivity index (χ0v) is 20.6. The third-order valence-electron chi connectivity index (χ3n) is 5.36. The van der Waals surface area contributed by atoms with Crippen molar-refractivity contribution in [3.05, 3.63) is 64.4 Å². The summed E-state index contributed by atoms with van der Waals surface area (Å²) in [4.78, 5) is 17.5. The van der Waals surface area contributed by atoms with Crippen molar-refractivity contribution in [1.82, 2.24) is 19.3 Å². The van der Waals surface area contributed by atoms with E-state index in [4.69, 9.17) is 16.3 Å². The Balaban J connectivity index is 1.50. The molecule has 172 valence electrons. The minimum Gasteiger partial charge on any atom is -0.383 e. The summed E-state index contributed by atoms with van der Waals surface area (Å²) in [5, 5.41) is 9.03. The molecule has 4 rings (SSSR count). The second-order valence-electron chi connectivity index (χ2n) is 7.80. The Morgan fingerprint density at radius 1 is 1.15 bits per heavy atom. The fraction of sp³-hybridized carbons (Fsp3) is 0.292. The van der Waals surface area contributed by atoms with Crippen LogP contribution in [0.3, 0.4) is 0 Å². The number of hydrogen-bond donors (Lipinski definition) is 1. The van der Waals surface area contributed by atoms with Crippen LogP contribution in [-0.4, -0.2) is 44.7 Å². The number of imidazole rings is 1. The van der Waals surface area contributed by atoms with Crippen molar-refractivity contribution in [2.75, 3.05) is 24.8 Å². The van der Waals surface area contributed by atoms with Crippen LogP contribution in [0, 0.1) is 20.8 Å². The number of anilines is 1. The van der Waals surface area contributed by atoms with Crippen molar-refractivity contribution in [3.8, 4) is 5.69 Å². The number of halogens is 1. The minimum atomic E-state index is -0.113. The predicted octanol–water partition coefficient (Wildman–Crippen LogP) is 5.18. The molecule has 0 aliphatic carbocycles. The maximum Gasteiger partial charge on any atom is 0.234 e. The van der Waals surface area contributed by atoms with Gasteiger partial charge in [-0.2, -0.15) is 5.10 Å². The van der Waals surface area contributed by atoms with E-state index in [0.717, 1.165) is 39.0 Å². The van der Waals surface area contributed by atoms with Gasteiger partial charge in [0.05, 0.1) is 46.2 Å². The first-order valence-corrected chi connectivity index (χ1v) is 11.9. The number of carbonyl (C=O) groups excluding carboxylic acids is 1. The van der Waals surface area contributed by atoms with Crippen molar-refractivity contribution in [2.45, 2.75) is 32.5 Å². The highest BCUT2D eigenvalue weighted by Gasteiger charge is 2.17. The SMILES string of the molecule is COCCn1c(SCC(=O)Nc2c(C)nn(-c3ccc(C)cc3)c2C)nc2cc(Cl)ccc21. The van der Waals surface area contributed by atoms with E-state index in [0.29, 0.717) is 18.2 Å². The molecule has 0 aliphatic rings. The summed E-state index contributed by atoms with van der Waals surface area (Å²) in [6.07, 6.45) is 0. The molecule has 0 radical (unpaired) electrons. The lowest BCUT2D eigenvalue weighted by molar-refractivity contribution is -0.113. The van der Waals surface area contributed by atoms with Crippen molar-refractivity contribution >= 4 is 46.0 Å². The van der Waals surface area contributed by atoms with E-state index >= 15 is 0 Å². The Kier molecular flexibility index (Phi) is 7.07. The van der Waals surface area contributed by atoms with Crippen LogP contribution in [0.5, 0.6) is 0 Å². The Morgan fingerprint density at radius 3 is 2.64 bits per heavy atom. The van der Waals surface area contributed by atoms with Crippen molar-refractivity contribution < 1.29 is 9.53 Å². The molecule has 0 fully saturated rings. The number of nitrogens with zero attached hydrogens (tertiary/aromatic N) is 4.